The van der Waals surface area contributed by atoms with Crippen LogP contribution in [0.2, 0.25) is 10.0 Å². The quantitative estimate of drug-likeness (QED) is 0.792. The minimum absolute atomic E-state index is 0.239. The van der Waals surface area contributed by atoms with Crippen molar-refractivity contribution in [3.63, 3.8) is 0 Å². The molecule has 0 N–H and O–H groups in total. The number of hydrogen-bond acceptors (Lipinski definition) is 3. The molecule has 0 unspecified atom stereocenters. The fourth-order valence-corrected chi connectivity index (χ4v) is 2.29. The normalized spacial score (nSPS) is 10.5. The Balaban J connectivity index is 2.22. The van der Waals surface area contributed by atoms with Crippen molar-refractivity contribution < 1.29 is 9.53 Å². The van der Waals surface area contributed by atoms with Crippen LogP contribution in [0.5, 0.6) is 5.75 Å². The molecule has 0 fully saturated rings. The van der Waals surface area contributed by atoms with Crippen LogP contribution in [0.4, 0.5) is 0 Å². The molecule has 2 aromatic rings. The second-order valence-corrected chi connectivity index (χ2v) is 4.69. The molecule has 0 saturated heterocycles. The zero-order chi connectivity index (χ0) is 13.8. The van der Waals surface area contributed by atoms with Gasteiger partial charge in [-0.15, -0.1) is 0 Å². The summed E-state index contributed by atoms with van der Waals surface area (Å²) in [4.78, 5) is 15.2. The smallest absolute Gasteiger partial charge is 0.153 e. The Hall–Kier alpha value is -1.52. The van der Waals surface area contributed by atoms with Gasteiger partial charge in [-0.25, -0.2) is 4.98 Å². The molecule has 0 amide bonds. The van der Waals surface area contributed by atoms with E-state index in [4.69, 9.17) is 27.9 Å². The van der Waals surface area contributed by atoms with Crippen molar-refractivity contribution in [2.45, 2.75) is 20.1 Å². The number of imidazole rings is 1. The molecule has 19 heavy (non-hydrogen) atoms. The lowest BCUT2D eigenvalue weighted by Gasteiger charge is -2.11. The summed E-state index contributed by atoms with van der Waals surface area (Å²) in [6.45, 7) is 3.05. The molecule has 4 nitrogen and oxygen atoms in total. The predicted octanol–water partition coefficient (Wildman–Crippen LogP) is 3.60. The van der Waals surface area contributed by atoms with E-state index in [1.807, 2.05) is 17.7 Å². The average molecular weight is 299 g/mol. The van der Waals surface area contributed by atoms with Crippen LogP contribution >= 0.6 is 23.2 Å². The van der Waals surface area contributed by atoms with Gasteiger partial charge >= 0.3 is 0 Å². The summed E-state index contributed by atoms with van der Waals surface area (Å²) in [6, 6.07) is 3.06. The van der Waals surface area contributed by atoms with Gasteiger partial charge in [0.25, 0.3) is 0 Å². The molecule has 0 aliphatic rings. The van der Waals surface area contributed by atoms with Crippen LogP contribution in [0.3, 0.4) is 0 Å². The van der Waals surface area contributed by atoms with Crippen LogP contribution < -0.4 is 4.74 Å². The summed E-state index contributed by atoms with van der Waals surface area (Å²) in [5.74, 6) is 1.09. The van der Waals surface area contributed by atoms with Gasteiger partial charge in [0, 0.05) is 24.0 Å². The molecular formula is C13H12Cl2N2O2. The highest BCUT2D eigenvalue weighted by atomic mass is 35.5. The molecule has 1 aromatic heterocycles. The van der Waals surface area contributed by atoms with Crippen LogP contribution in [0.25, 0.3) is 0 Å². The van der Waals surface area contributed by atoms with Gasteiger partial charge in [-0.3, -0.25) is 4.79 Å². The molecule has 0 saturated carbocycles. The molecule has 0 spiro atoms. The van der Waals surface area contributed by atoms with Gasteiger partial charge in [-0.2, -0.15) is 0 Å². The van der Waals surface area contributed by atoms with Gasteiger partial charge in [-0.1, -0.05) is 23.2 Å². The number of carbonyl (C=O) groups excluding carboxylic acids is 1. The minimum atomic E-state index is 0.239. The van der Waals surface area contributed by atoms with Crippen molar-refractivity contribution in [3.05, 3.63) is 46.0 Å². The van der Waals surface area contributed by atoms with E-state index in [2.05, 4.69) is 4.98 Å². The minimum Gasteiger partial charge on any atom is -0.483 e. The summed E-state index contributed by atoms with van der Waals surface area (Å²) in [5, 5.41) is 0.707. The van der Waals surface area contributed by atoms with E-state index in [1.165, 1.54) is 12.1 Å². The van der Waals surface area contributed by atoms with Crippen molar-refractivity contribution in [2.24, 2.45) is 0 Å². The van der Waals surface area contributed by atoms with Gasteiger partial charge in [0.1, 0.15) is 18.2 Å². The molecule has 0 radical (unpaired) electrons. The van der Waals surface area contributed by atoms with Crippen molar-refractivity contribution in [2.75, 3.05) is 0 Å². The second kappa shape index (κ2) is 6.08. The lowest BCUT2D eigenvalue weighted by molar-refractivity contribution is 0.111. The van der Waals surface area contributed by atoms with Crippen LogP contribution in [-0.2, 0) is 13.2 Å². The summed E-state index contributed by atoms with van der Waals surface area (Å²) in [7, 11) is 0. The zero-order valence-corrected chi connectivity index (χ0v) is 11.8. The van der Waals surface area contributed by atoms with Gasteiger partial charge in [0.15, 0.2) is 6.29 Å². The van der Waals surface area contributed by atoms with Crippen LogP contribution in [-0.4, -0.2) is 15.8 Å². The summed E-state index contributed by atoms with van der Waals surface area (Å²) in [5.41, 5.74) is 0.326. The van der Waals surface area contributed by atoms with Crippen LogP contribution in [0.1, 0.15) is 23.1 Å². The third-order valence-corrected chi connectivity index (χ3v) is 3.15. The van der Waals surface area contributed by atoms with E-state index in [9.17, 15) is 4.79 Å². The standard InChI is InChI=1S/C13H12Cl2N2O2/c1-2-17-4-3-16-12(17)8-19-13-9(7-18)5-10(14)6-11(13)15/h3-7H,2,8H2,1H3. The number of aldehydes is 1. The third-order valence-electron chi connectivity index (χ3n) is 2.65. The van der Waals surface area contributed by atoms with E-state index >= 15 is 0 Å². The fraction of sp³-hybridized carbons (Fsp3) is 0.231. The van der Waals surface area contributed by atoms with Gasteiger partial charge in [-0.05, 0) is 19.1 Å². The zero-order valence-electron chi connectivity index (χ0n) is 10.3. The molecule has 0 aliphatic heterocycles. The van der Waals surface area contributed by atoms with Crippen LogP contribution in [0, 0.1) is 0 Å². The topological polar surface area (TPSA) is 44.1 Å². The van der Waals surface area contributed by atoms with Crippen molar-refractivity contribution >= 4 is 29.5 Å². The predicted molar refractivity (Wildman–Crippen MR) is 74.1 cm³/mol. The van der Waals surface area contributed by atoms with E-state index < -0.39 is 0 Å². The molecule has 0 bridgehead atoms. The van der Waals surface area contributed by atoms with Crippen molar-refractivity contribution in [1.29, 1.82) is 0 Å². The maximum Gasteiger partial charge on any atom is 0.153 e. The highest BCUT2D eigenvalue weighted by Crippen LogP contribution is 2.31. The number of aromatic nitrogens is 2. The average Bonchev–Trinajstić information content (AvgIpc) is 2.84. The van der Waals surface area contributed by atoms with E-state index in [0.717, 1.165) is 12.4 Å². The van der Waals surface area contributed by atoms with E-state index in [1.54, 1.807) is 6.20 Å². The first-order valence-electron chi connectivity index (χ1n) is 5.72. The molecule has 1 aromatic carbocycles. The molecule has 0 atom stereocenters. The fourth-order valence-electron chi connectivity index (χ4n) is 1.72. The number of nitrogens with zero attached hydrogens (tertiary/aromatic N) is 2. The van der Waals surface area contributed by atoms with Gasteiger partial charge < -0.3 is 9.30 Å². The molecule has 0 aliphatic carbocycles. The second-order valence-electron chi connectivity index (χ2n) is 3.84. The Bertz CT molecular complexity index is 596. The number of carbonyl (C=O) groups is 1. The van der Waals surface area contributed by atoms with E-state index in [-0.39, 0.29) is 6.61 Å². The molecule has 2 rings (SSSR count). The Morgan fingerprint density at radius 1 is 1.42 bits per heavy atom. The monoisotopic (exact) mass is 298 g/mol. The molecule has 100 valence electrons. The summed E-state index contributed by atoms with van der Waals surface area (Å²) < 4.78 is 7.54. The van der Waals surface area contributed by atoms with Gasteiger partial charge in [0.05, 0.1) is 10.6 Å². The molecule has 1 heterocycles. The first-order chi connectivity index (χ1) is 9.15. The summed E-state index contributed by atoms with van der Waals surface area (Å²) in [6.07, 6.45) is 4.23. The number of hydrogen-bond donors (Lipinski definition) is 0. The SMILES string of the molecule is CCn1ccnc1COc1c(Cl)cc(Cl)cc1C=O. The maximum absolute atomic E-state index is 11.0. The highest BCUT2D eigenvalue weighted by Gasteiger charge is 2.11. The lowest BCUT2D eigenvalue weighted by Crippen LogP contribution is -2.06. The first kappa shape index (κ1) is 13.9. The molecular weight excluding hydrogens is 287 g/mol. The van der Waals surface area contributed by atoms with Crippen molar-refractivity contribution in [1.82, 2.24) is 9.55 Å². The Kier molecular flexibility index (Phi) is 4.45. The van der Waals surface area contributed by atoms with E-state index in [0.29, 0.717) is 27.6 Å². The molecule has 6 heteroatoms. The number of halogens is 2. The Morgan fingerprint density at radius 3 is 2.89 bits per heavy atom. The van der Waals surface area contributed by atoms with Crippen molar-refractivity contribution in [3.8, 4) is 5.75 Å². The largest absolute Gasteiger partial charge is 0.483 e. The maximum atomic E-state index is 11.0. The number of ether oxygens (including phenoxy) is 1. The number of benzene rings is 1. The third kappa shape index (κ3) is 3.08. The number of aryl methyl sites for hydroxylation is 1. The van der Waals surface area contributed by atoms with Crippen LogP contribution in [0.15, 0.2) is 24.5 Å². The highest BCUT2D eigenvalue weighted by molar-refractivity contribution is 6.36. The first-order valence-corrected chi connectivity index (χ1v) is 6.48. The summed E-state index contributed by atoms with van der Waals surface area (Å²) >= 11 is 11.9. The van der Waals surface area contributed by atoms with Gasteiger partial charge in [0.2, 0.25) is 0 Å². The Labute approximate surface area is 120 Å². The lowest BCUT2D eigenvalue weighted by atomic mass is 10.2. The number of rotatable bonds is 5. The Morgan fingerprint density at radius 2 is 2.21 bits per heavy atom.